The number of aromatic nitrogens is 2. The lowest BCUT2D eigenvalue weighted by atomic mass is 10.2. The molecule has 0 saturated carbocycles. The van der Waals surface area contributed by atoms with E-state index in [1.807, 2.05) is 29.0 Å². The Morgan fingerprint density at radius 1 is 1.41 bits per heavy atom. The summed E-state index contributed by atoms with van der Waals surface area (Å²) in [6.45, 7) is 3.56. The van der Waals surface area contributed by atoms with E-state index in [0.717, 1.165) is 30.9 Å². The van der Waals surface area contributed by atoms with Gasteiger partial charge in [0.25, 0.3) is 0 Å². The monoisotopic (exact) mass is 231 g/mol. The molecule has 0 unspecified atom stereocenters. The number of nitrogen functional groups attached to an aromatic ring is 1. The van der Waals surface area contributed by atoms with E-state index in [0.29, 0.717) is 5.95 Å². The van der Waals surface area contributed by atoms with Crippen molar-refractivity contribution in [3.63, 3.8) is 0 Å². The molecule has 0 spiro atoms. The highest BCUT2D eigenvalue weighted by Gasteiger charge is 2.01. The molecule has 4 nitrogen and oxygen atoms in total. The number of rotatable bonds is 5. The molecule has 1 heterocycles. The fourth-order valence-corrected chi connectivity index (χ4v) is 1.62. The second-order valence-corrected chi connectivity index (χ2v) is 3.91. The molecule has 0 aliphatic rings. The van der Waals surface area contributed by atoms with Gasteiger partial charge in [0.15, 0.2) is 5.95 Å². The molecule has 0 fully saturated rings. The van der Waals surface area contributed by atoms with Crippen LogP contribution in [-0.2, 0) is 6.54 Å². The number of nitrogens with zero attached hydrogens (tertiary/aromatic N) is 2. The Kier molecular flexibility index (Phi) is 3.65. The summed E-state index contributed by atoms with van der Waals surface area (Å²) < 4.78 is 7.49. The first-order valence-electron chi connectivity index (χ1n) is 5.78. The van der Waals surface area contributed by atoms with E-state index in [-0.39, 0.29) is 0 Å². The maximum atomic E-state index is 5.73. The maximum Gasteiger partial charge on any atom is 0.200 e. The summed E-state index contributed by atoms with van der Waals surface area (Å²) in [5.74, 6) is 1.44. The van der Waals surface area contributed by atoms with Crippen LogP contribution in [0.3, 0.4) is 0 Å². The molecular weight excluding hydrogens is 214 g/mol. The quantitative estimate of drug-likeness (QED) is 0.859. The van der Waals surface area contributed by atoms with Gasteiger partial charge in [0.2, 0.25) is 0 Å². The van der Waals surface area contributed by atoms with Gasteiger partial charge >= 0.3 is 0 Å². The number of benzene rings is 1. The van der Waals surface area contributed by atoms with Crippen LogP contribution in [0, 0.1) is 0 Å². The minimum Gasteiger partial charge on any atom is -0.494 e. The van der Waals surface area contributed by atoms with Gasteiger partial charge in [-0.15, -0.1) is 0 Å². The largest absolute Gasteiger partial charge is 0.494 e. The molecule has 0 radical (unpaired) electrons. The summed E-state index contributed by atoms with van der Waals surface area (Å²) in [5.41, 5.74) is 6.88. The topological polar surface area (TPSA) is 53.1 Å². The van der Waals surface area contributed by atoms with Gasteiger partial charge in [-0.1, -0.05) is 19.1 Å². The molecule has 1 aromatic heterocycles. The third-order valence-electron chi connectivity index (χ3n) is 2.47. The van der Waals surface area contributed by atoms with Crippen LogP contribution in [-0.4, -0.2) is 16.2 Å². The predicted molar refractivity (Wildman–Crippen MR) is 68.0 cm³/mol. The van der Waals surface area contributed by atoms with Crippen molar-refractivity contribution in [2.24, 2.45) is 0 Å². The number of anilines is 1. The third kappa shape index (κ3) is 3.00. The molecule has 2 rings (SSSR count). The molecule has 0 amide bonds. The number of hydrogen-bond acceptors (Lipinski definition) is 3. The smallest absolute Gasteiger partial charge is 0.200 e. The molecule has 0 saturated heterocycles. The van der Waals surface area contributed by atoms with Gasteiger partial charge < -0.3 is 15.0 Å². The Hall–Kier alpha value is -1.97. The maximum absolute atomic E-state index is 5.73. The summed E-state index contributed by atoms with van der Waals surface area (Å²) in [7, 11) is 0. The van der Waals surface area contributed by atoms with E-state index in [1.54, 1.807) is 6.20 Å². The van der Waals surface area contributed by atoms with Crippen molar-refractivity contribution in [1.82, 2.24) is 9.55 Å². The van der Waals surface area contributed by atoms with Crippen LogP contribution in [0.1, 0.15) is 18.9 Å². The predicted octanol–water partition coefficient (Wildman–Crippen LogP) is 2.30. The van der Waals surface area contributed by atoms with Gasteiger partial charge in [-0.3, -0.25) is 0 Å². The second kappa shape index (κ2) is 5.39. The van der Waals surface area contributed by atoms with Crippen molar-refractivity contribution in [3.8, 4) is 5.75 Å². The number of hydrogen-bond donors (Lipinski definition) is 1. The van der Waals surface area contributed by atoms with Gasteiger partial charge in [0.1, 0.15) is 5.75 Å². The molecule has 0 aliphatic heterocycles. The second-order valence-electron chi connectivity index (χ2n) is 3.91. The molecule has 0 bridgehead atoms. The molecule has 0 aliphatic carbocycles. The van der Waals surface area contributed by atoms with E-state index in [1.165, 1.54) is 0 Å². The average molecular weight is 231 g/mol. The van der Waals surface area contributed by atoms with Crippen molar-refractivity contribution >= 4 is 5.95 Å². The molecule has 4 heteroatoms. The molecule has 17 heavy (non-hydrogen) atoms. The fourth-order valence-electron chi connectivity index (χ4n) is 1.62. The van der Waals surface area contributed by atoms with Crippen molar-refractivity contribution < 1.29 is 4.74 Å². The zero-order chi connectivity index (χ0) is 12.1. The Morgan fingerprint density at radius 3 is 3.00 bits per heavy atom. The van der Waals surface area contributed by atoms with Crippen LogP contribution in [0.4, 0.5) is 5.95 Å². The summed E-state index contributed by atoms with van der Waals surface area (Å²) in [6.07, 6.45) is 4.58. The van der Waals surface area contributed by atoms with Gasteiger partial charge in [-0.05, 0) is 24.1 Å². The van der Waals surface area contributed by atoms with E-state index >= 15 is 0 Å². The Labute approximate surface area is 101 Å². The third-order valence-corrected chi connectivity index (χ3v) is 2.47. The minimum absolute atomic E-state index is 0.532. The van der Waals surface area contributed by atoms with Crippen molar-refractivity contribution in [2.45, 2.75) is 19.9 Å². The SMILES string of the molecule is CCCOc1cccc(Cn2ccnc2N)c1. The normalized spacial score (nSPS) is 10.4. The lowest BCUT2D eigenvalue weighted by molar-refractivity contribution is 0.317. The van der Waals surface area contributed by atoms with Crippen LogP contribution in [0.5, 0.6) is 5.75 Å². The van der Waals surface area contributed by atoms with Crippen molar-refractivity contribution in [2.75, 3.05) is 12.3 Å². The zero-order valence-corrected chi connectivity index (χ0v) is 9.97. The van der Waals surface area contributed by atoms with Crippen LogP contribution in [0.2, 0.25) is 0 Å². The van der Waals surface area contributed by atoms with E-state index in [2.05, 4.69) is 18.0 Å². The highest BCUT2D eigenvalue weighted by atomic mass is 16.5. The first-order chi connectivity index (χ1) is 8.29. The van der Waals surface area contributed by atoms with Crippen molar-refractivity contribution in [3.05, 3.63) is 42.2 Å². The minimum atomic E-state index is 0.532. The first kappa shape index (κ1) is 11.5. The van der Waals surface area contributed by atoms with E-state index in [9.17, 15) is 0 Å². The van der Waals surface area contributed by atoms with Crippen LogP contribution >= 0.6 is 0 Å². The van der Waals surface area contributed by atoms with Crippen LogP contribution < -0.4 is 10.5 Å². The molecule has 90 valence electrons. The highest BCUT2D eigenvalue weighted by molar-refractivity contribution is 5.30. The summed E-state index contributed by atoms with van der Waals surface area (Å²) >= 11 is 0. The molecule has 0 atom stereocenters. The summed E-state index contributed by atoms with van der Waals surface area (Å²) in [5, 5.41) is 0. The Bertz CT molecular complexity index is 479. The zero-order valence-electron chi connectivity index (χ0n) is 9.97. The first-order valence-corrected chi connectivity index (χ1v) is 5.78. The number of ether oxygens (including phenoxy) is 1. The molecule has 1 aromatic carbocycles. The molecule has 2 aromatic rings. The molecular formula is C13H17N3O. The Balaban J connectivity index is 2.08. The van der Waals surface area contributed by atoms with E-state index in [4.69, 9.17) is 10.5 Å². The van der Waals surface area contributed by atoms with Crippen LogP contribution in [0.15, 0.2) is 36.7 Å². The Morgan fingerprint density at radius 2 is 2.29 bits per heavy atom. The summed E-state index contributed by atoms with van der Waals surface area (Å²) in [4.78, 5) is 3.99. The van der Waals surface area contributed by atoms with E-state index < -0.39 is 0 Å². The van der Waals surface area contributed by atoms with Crippen LogP contribution in [0.25, 0.3) is 0 Å². The van der Waals surface area contributed by atoms with Gasteiger partial charge in [-0.25, -0.2) is 4.98 Å². The lowest BCUT2D eigenvalue weighted by Gasteiger charge is -2.08. The summed E-state index contributed by atoms with van der Waals surface area (Å²) in [6, 6.07) is 8.05. The number of imidazole rings is 1. The van der Waals surface area contributed by atoms with Gasteiger partial charge in [0, 0.05) is 12.4 Å². The molecule has 2 N–H and O–H groups in total. The fraction of sp³-hybridized carbons (Fsp3) is 0.308. The standard InChI is InChI=1S/C13H17N3O/c1-2-8-17-12-5-3-4-11(9-12)10-16-7-6-15-13(16)14/h3-7,9H,2,8,10H2,1H3,(H2,14,15). The highest BCUT2D eigenvalue weighted by Crippen LogP contribution is 2.15. The van der Waals surface area contributed by atoms with Gasteiger partial charge in [0.05, 0.1) is 13.2 Å². The van der Waals surface area contributed by atoms with Gasteiger partial charge in [-0.2, -0.15) is 0 Å². The number of nitrogens with two attached hydrogens (primary N) is 1. The average Bonchev–Trinajstić information content (AvgIpc) is 2.73. The lowest BCUT2D eigenvalue weighted by Crippen LogP contribution is -2.04. The van der Waals surface area contributed by atoms with Crippen molar-refractivity contribution in [1.29, 1.82) is 0 Å².